The maximum Gasteiger partial charge on any atom is 0.110 e. The number of rotatable bonds is 5. The zero-order chi connectivity index (χ0) is 13.0. The summed E-state index contributed by atoms with van der Waals surface area (Å²) in [5.41, 5.74) is 7.19. The van der Waals surface area contributed by atoms with Gasteiger partial charge in [0.05, 0.1) is 0 Å². The van der Waals surface area contributed by atoms with Crippen molar-refractivity contribution >= 4 is 11.6 Å². The third-order valence-corrected chi connectivity index (χ3v) is 3.29. The van der Waals surface area contributed by atoms with Gasteiger partial charge in [-0.2, -0.15) is 0 Å². The first-order valence-corrected chi connectivity index (χ1v) is 6.57. The van der Waals surface area contributed by atoms with E-state index in [1.807, 2.05) is 36.7 Å². The molecule has 0 aliphatic heterocycles. The van der Waals surface area contributed by atoms with Gasteiger partial charge in [-0.05, 0) is 24.1 Å². The smallest absolute Gasteiger partial charge is 0.110 e. The molecule has 0 fully saturated rings. The van der Waals surface area contributed by atoms with Crippen molar-refractivity contribution in [1.82, 2.24) is 9.55 Å². The van der Waals surface area contributed by atoms with Crippen molar-refractivity contribution in [3.05, 3.63) is 53.1 Å². The van der Waals surface area contributed by atoms with Gasteiger partial charge in [0.15, 0.2) is 0 Å². The highest BCUT2D eigenvalue weighted by atomic mass is 35.5. The summed E-state index contributed by atoms with van der Waals surface area (Å²) < 4.78 is 2.14. The van der Waals surface area contributed by atoms with Gasteiger partial charge in [0.2, 0.25) is 0 Å². The van der Waals surface area contributed by atoms with Crippen molar-refractivity contribution in [3.8, 4) is 0 Å². The van der Waals surface area contributed by atoms with Crippen LogP contribution >= 0.6 is 11.6 Å². The normalized spacial score (nSPS) is 12.6. The Morgan fingerprint density at radius 1 is 1.33 bits per heavy atom. The standard InChI is InChI=1S/C14H18ClN3/c1-2-13(16)9-14-17-7-8-18(14)10-11-3-5-12(15)6-4-11/h3-8,13H,2,9-10,16H2,1H3. The molecule has 3 nitrogen and oxygen atoms in total. The highest BCUT2D eigenvalue weighted by molar-refractivity contribution is 6.30. The molecular weight excluding hydrogens is 246 g/mol. The molecular formula is C14H18ClN3. The number of benzene rings is 1. The van der Waals surface area contributed by atoms with Crippen molar-refractivity contribution in [2.45, 2.75) is 32.4 Å². The van der Waals surface area contributed by atoms with Crippen LogP contribution < -0.4 is 5.73 Å². The summed E-state index contributed by atoms with van der Waals surface area (Å²) in [4.78, 5) is 4.37. The predicted octanol–water partition coefficient (Wildman–Crippen LogP) is 2.86. The van der Waals surface area contributed by atoms with Gasteiger partial charge in [-0.1, -0.05) is 30.7 Å². The van der Waals surface area contributed by atoms with Crippen LogP contribution in [-0.2, 0) is 13.0 Å². The van der Waals surface area contributed by atoms with Gasteiger partial charge in [0.25, 0.3) is 0 Å². The number of nitrogens with two attached hydrogens (primary N) is 1. The van der Waals surface area contributed by atoms with Crippen molar-refractivity contribution in [3.63, 3.8) is 0 Å². The Kier molecular flexibility index (Phi) is 4.39. The number of hydrogen-bond acceptors (Lipinski definition) is 2. The number of aromatic nitrogens is 2. The molecule has 1 aromatic heterocycles. The molecule has 0 saturated heterocycles. The number of halogens is 1. The largest absolute Gasteiger partial charge is 0.330 e. The first kappa shape index (κ1) is 13.1. The van der Waals surface area contributed by atoms with E-state index in [0.29, 0.717) is 0 Å². The Morgan fingerprint density at radius 2 is 2.06 bits per heavy atom. The van der Waals surface area contributed by atoms with E-state index in [1.165, 1.54) is 5.56 Å². The zero-order valence-electron chi connectivity index (χ0n) is 10.5. The maximum atomic E-state index is 5.98. The molecule has 96 valence electrons. The van der Waals surface area contributed by atoms with Gasteiger partial charge >= 0.3 is 0 Å². The lowest BCUT2D eigenvalue weighted by atomic mass is 10.1. The summed E-state index contributed by atoms with van der Waals surface area (Å²) in [5, 5.41) is 0.762. The minimum atomic E-state index is 0.177. The van der Waals surface area contributed by atoms with E-state index in [1.54, 1.807) is 0 Å². The Labute approximate surface area is 113 Å². The molecule has 2 aromatic rings. The third-order valence-electron chi connectivity index (χ3n) is 3.04. The van der Waals surface area contributed by atoms with Crippen LogP contribution in [0, 0.1) is 0 Å². The summed E-state index contributed by atoms with van der Waals surface area (Å²) in [6, 6.07) is 8.06. The average molecular weight is 264 g/mol. The van der Waals surface area contributed by atoms with E-state index in [2.05, 4.69) is 16.5 Å². The van der Waals surface area contributed by atoms with Crippen molar-refractivity contribution in [2.24, 2.45) is 5.73 Å². The van der Waals surface area contributed by atoms with Gasteiger partial charge in [-0.15, -0.1) is 0 Å². The van der Waals surface area contributed by atoms with Gasteiger partial charge in [-0.25, -0.2) is 4.98 Å². The molecule has 0 spiro atoms. The Morgan fingerprint density at radius 3 is 2.72 bits per heavy atom. The first-order chi connectivity index (χ1) is 8.69. The molecule has 4 heteroatoms. The van der Waals surface area contributed by atoms with Crippen LogP contribution in [0.1, 0.15) is 24.7 Å². The molecule has 0 saturated carbocycles. The minimum Gasteiger partial charge on any atom is -0.330 e. The molecule has 2 N–H and O–H groups in total. The zero-order valence-corrected chi connectivity index (χ0v) is 11.3. The molecule has 0 bridgehead atoms. The third kappa shape index (κ3) is 3.34. The van der Waals surface area contributed by atoms with Gasteiger partial charge in [0.1, 0.15) is 5.82 Å². The fourth-order valence-electron chi connectivity index (χ4n) is 1.84. The van der Waals surface area contributed by atoms with Crippen molar-refractivity contribution in [2.75, 3.05) is 0 Å². The van der Waals surface area contributed by atoms with E-state index in [-0.39, 0.29) is 6.04 Å². The molecule has 1 aromatic carbocycles. The number of nitrogens with zero attached hydrogens (tertiary/aromatic N) is 2. The summed E-state index contributed by atoms with van der Waals surface area (Å²) in [6.45, 7) is 2.90. The van der Waals surface area contributed by atoms with Crippen LogP contribution in [-0.4, -0.2) is 15.6 Å². The second-order valence-electron chi connectivity index (χ2n) is 4.47. The van der Waals surface area contributed by atoms with Crippen molar-refractivity contribution in [1.29, 1.82) is 0 Å². The Balaban J connectivity index is 2.09. The summed E-state index contributed by atoms with van der Waals surface area (Å²) in [7, 11) is 0. The van der Waals surface area contributed by atoms with Crippen LogP contribution in [0.5, 0.6) is 0 Å². The highest BCUT2D eigenvalue weighted by Crippen LogP contribution is 2.12. The lowest BCUT2D eigenvalue weighted by Crippen LogP contribution is -2.23. The molecule has 0 aliphatic carbocycles. The fourth-order valence-corrected chi connectivity index (χ4v) is 1.97. The second kappa shape index (κ2) is 6.03. The molecule has 0 radical (unpaired) electrons. The van der Waals surface area contributed by atoms with Crippen molar-refractivity contribution < 1.29 is 0 Å². The molecule has 1 unspecified atom stereocenters. The van der Waals surface area contributed by atoms with Crippen LogP contribution in [0.4, 0.5) is 0 Å². The Bertz CT molecular complexity index is 490. The summed E-state index contributed by atoms with van der Waals surface area (Å²) in [6.07, 6.45) is 5.60. The van der Waals surface area contributed by atoms with Crippen LogP contribution in [0.15, 0.2) is 36.7 Å². The monoisotopic (exact) mass is 263 g/mol. The minimum absolute atomic E-state index is 0.177. The molecule has 2 rings (SSSR count). The van der Waals surface area contributed by atoms with Gasteiger partial charge < -0.3 is 10.3 Å². The van der Waals surface area contributed by atoms with E-state index >= 15 is 0 Å². The Hall–Kier alpha value is -1.32. The molecule has 1 atom stereocenters. The number of hydrogen-bond donors (Lipinski definition) is 1. The average Bonchev–Trinajstić information content (AvgIpc) is 2.79. The topological polar surface area (TPSA) is 43.8 Å². The molecule has 1 heterocycles. The first-order valence-electron chi connectivity index (χ1n) is 6.19. The van der Waals surface area contributed by atoms with E-state index in [9.17, 15) is 0 Å². The predicted molar refractivity (Wildman–Crippen MR) is 74.8 cm³/mol. The van der Waals surface area contributed by atoms with Crippen LogP contribution in [0.3, 0.4) is 0 Å². The lowest BCUT2D eigenvalue weighted by molar-refractivity contribution is 0.597. The fraction of sp³-hybridized carbons (Fsp3) is 0.357. The van der Waals surface area contributed by atoms with E-state index in [0.717, 1.165) is 30.2 Å². The molecule has 0 amide bonds. The summed E-state index contributed by atoms with van der Waals surface area (Å²) >= 11 is 5.88. The van der Waals surface area contributed by atoms with Gasteiger partial charge in [-0.3, -0.25) is 0 Å². The second-order valence-corrected chi connectivity index (χ2v) is 4.91. The SMILES string of the molecule is CCC(N)Cc1nccn1Cc1ccc(Cl)cc1. The quantitative estimate of drug-likeness (QED) is 0.902. The van der Waals surface area contributed by atoms with Gasteiger partial charge in [0, 0.05) is 36.4 Å². The van der Waals surface area contributed by atoms with E-state index in [4.69, 9.17) is 17.3 Å². The highest BCUT2D eigenvalue weighted by Gasteiger charge is 2.07. The maximum absolute atomic E-state index is 5.98. The van der Waals surface area contributed by atoms with E-state index < -0.39 is 0 Å². The molecule has 18 heavy (non-hydrogen) atoms. The number of imidazole rings is 1. The lowest BCUT2D eigenvalue weighted by Gasteiger charge is -2.11. The van der Waals surface area contributed by atoms with Crippen LogP contribution in [0.25, 0.3) is 0 Å². The molecule has 0 aliphatic rings. The van der Waals surface area contributed by atoms with Crippen LogP contribution in [0.2, 0.25) is 5.02 Å². The summed E-state index contributed by atoms with van der Waals surface area (Å²) in [5.74, 6) is 1.04.